The molecule has 0 saturated carbocycles. The first-order valence-corrected chi connectivity index (χ1v) is 16.4. The van der Waals surface area contributed by atoms with Crippen LogP contribution in [0, 0.1) is 0 Å². The largest absolute Gasteiger partial charge is 0.778 e. The van der Waals surface area contributed by atoms with Gasteiger partial charge in [0.2, 0.25) is 0 Å². The molecule has 6 nitrogen and oxygen atoms in total. The minimum atomic E-state index is -3.88. The van der Waals surface area contributed by atoms with E-state index in [0.29, 0.717) is 6.42 Å². The lowest BCUT2D eigenvalue weighted by atomic mass is 10.0. The Bertz CT molecular complexity index is 737. The number of nitrogens with zero attached hydrogens (tertiary/aromatic N) is 1. The van der Waals surface area contributed by atoms with Crippen molar-refractivity contribution in [3.05, 3.63) is 29.8 Å². The minimum absolute atomic E-state index is 0.0252. The first-order chi connectivity index (χ1) is 17.7. The summed E-state index contributed by atoms with van der Waals surface area (Å²) in [4.78, 5) is 12.3. The van der Waals surface area contributed by atoms with Gasteiger partial charge in [-0.2, -0.15) is 0 Å². The maximum absolute atomic E-state index is 12.3. The number of methoxy groups -OCH3 is 1. The molecule has 0 saturated heterocycles. The van der Waals surface area contributed by atoms with Crippen LogP contribution >= 0.6 is 7.60 Å². The summed E-state index contributed by atoms with van der Waals surface area (Å²) in [6, 6.07) is 8.11. The first-order valence-electron chi connectivity index (χ1n) is 14.7. The highest BCUT2D eigenvalue weighted by atomic mass is 31.2. The number of para-hydroxylation sites is 1. The van der Waals surface area contributed by atoms with E-state index in [4.69, 9.17) is 14.0 Å². The van der Waals surface area contributed by atoms with Gasteiger partial charge in [0.25, 0.3) is 0 Å². The van der Waals surface area contributed by atoms with Gasteiger partial charge in [0, 0.05) is 19.7 Å². The van der Waals surface area contributed by atoms with E-state index in [1.54, 1.807) is 7.11 Å². The van der Waals surface area contributed by atoms with E-state index in [9.17, 15) is 9.46 Å². The summed E-state index contributed by atoms with van der Waals surface area (Å²) in [6.07, 6.45) is 17.3. The number of unbranched alkanes of at least 4 members (excludes halogenated alkanes) is 11. The van der Waals surface area contributed by atoms with Crippen LogP contribution in [-0.4, -0.2) is 64.8 Å². The second-order valence-electron chi connectivity index (χ2n) is 11.4. The van der Waals surface area contributed by atoms with Gasteiger partial charge in [-0.05, 0) is 24.5 Å². The van der Waals surface area contributed by atoms with Crippen LogP contribution in [0.1, 0.15) is 96.0 Å². The van der Waals surface area contributed by atoms with E-state index in [-0.39, 0.29) is 19.4 Å². The minimum Gasteiger partial charge on any atom is -0.778 e. The van der Waals surface area contributed by atoms with Gasteiger partial charge in [0.05, 0.1) is 34.3 Å². The van der Waals surface area contributed by atoms with Crippen LogP contribution in [0.25, 0.3) is 0 Å². The number of rotatable bonds is 24. The molecule has 0 radical (unpaired) electrons. The van der Waals surface area contributed by atoms with E-state index < -0.39 is 13.7 Å². The predicted molar refractivity (Wildman–Crippen MR) is 153 cm³/mol. The van der Waals surface area contributed by atoms with Crippen LogP contribution in [0.4, 0.5) is 0 Å². The predicted octanol–water partition coefficient (Wildman–Crippen LogP) is 6.99. The average Bonchev–Trinajstić information content (AvgIpc) is 2.84. The number of quaternary nitrogens is 1. The Kier molecular flexibility index (Phi) is 18.5. The first kappa shape index (κ1) is 34.1. The zero-order valence-electron chi connectivity index (χ0n) is 24.6. The number of ether oxygens (including phenoxy) is 2. The Balaban J connectivity index is 2.27. The van der Waals surface area contributed by atoms with Crippen molar-refractivity contribution in [1.29, 1.82) is 0 Å². The third-order valence-corrected chi connectivity index (χ3v) is 8.15. The third kappa shape index (κ3) is 18.9. The maximum atomic E-state index is 12.3. The Morgan fingerprint density at radius 2 is 1.41 bits per heavy atom. The highest BCUT2D eigenvalue weighted by molar-refractivity contribution is 7.51. The monoisotopic (exact) mass is 541 g/mol. The molecule has 0 bridgehead atoms. The molecule has 0 heterocycles. The summed E-state index contributed by atoms with van der Waals surface area (Å²) in [5, 5.41) is 0. The molecule has 0 fully saturated rings. The Morgan fingerprint density at radius 3 is 1.97 bits per heavy atom. The van der Waals surface area contributed by atoms with Crippen LogP contribution in [0.2, 0.25) is 0 Å². The van der Waals surface area contributed by atoms with Crippen LogP contribution in [0.5, 0.6) is 5.75 Å². The topological polar surface area (TPSA) is 67.8 Å². The summed E-state index contributed by atoms with van der Waals surface area (Å²) >= 11 is 0. The highest BCUT2D eigenvalue weighted by Gasteiger charge is 2.17. The summed E-state index contributed by atoms with van der Waals surface area (Å²) < 4.78 is 29.7. The standard InChI is InChI=1S/C30H56NO5P/c1-6-7-8-9-10-11-12-13-14-15-16-17-21-28-22-18-19-23-30(28)35-26-29(34-5)27-36-37(32,33)25-20-24-31(2,3)4/h18-19,22-23,29H,6-17,20-21,24-27H2,1-5H3. The van der Waals surface area contributed by atoms with Gasteiger partial charge in [-0.15, -0.1) is 0 Å². The number of hydrogen-bond acceptors (Lipinski definition) is 5. The lowest BCUT2D eigenvalue weighted by Gasteiger charge is -2.28. The molecule has 2 atom stereocenters. The molecule has 0 amide bonds. The maximum Gasteiger partial charge on any atom is 0.135 e. The van der Waals surface area contributed by atoms with Gasteiger partial charge in [-0.3, -0.25) is 0 Å². The molecule has 1 aromatic rings. The van der Waals surface area contributed by atoms with Crippen molar-refractivity contribution >= 4 is 7.60 Å². The molecule has 1 rings (SSSR count). The van der Waals surface area contributed by atoms with Gasteiger partial charge >= 0.3 is 0 Å². The summed E-state index contributed by atoms with van der Waals surface area (Å²) in [7, 11) is 3.81. The number of benzene rings is 1. The van der Waals surface area contributed by atoms with Crippen molar-refractivity contribution in [3.63, 3.8) is 0 Å². The fourth-order valence-corrected chi connectivity index (χ4v) is 5.43. The molecular weight excluding hydrogens is 485 g/mol. The molecule has 1 aromatic carbocycles. The Labute approximate surface area is 228 Å². The van der Waals surface area contributed by atoms with Crippen molar-refractivity contribution in [2.24, 2.45) is 0 Å². The molecule has 0 spiro atoms. The molecule has 37 heavy (non-hydrogen) atoms. The molecule has 0 N–H and O–H groups in total. The summed E-state index contributed by atoms with van der Waals surface area (Å²) in [5.41, 5.74) is 1.19. The second kappa shape index (κ2) is 20.1. The van der Waals surface area contributed by atoms with Crippen LogP contribution < -0.4 is 9.63 Å². The van der Waals surface area contributed by atoms with Crippen molar-refractivity contribution in [1.82, 2.24) is 0 Å². The van der Waals surface area contributed by atoms with Gasteiger partial charge in [-0.25, -0.2) is 0 Å². The molecule has 0 aliphatic heterocycles. The van der Waals surface area contributed by atoms with E-state index in [1.165, 1.54) is 76.2 Å². The van der Waals surface area contributed by atoms with Gasteiger partial charge in [0.1, 0.15) is 26.1 Å². The van der Waals surface area contributed by atoms with Crippen molar-refractivity contribution in [2.75, 3.05) is 54.2 Å². The lowest BCUT2D eigenvalue weighted by Crippen LogP contribution is -2.36. The van der Waals surface area contributed by atoms with Crippen molar-refractivity contribution in [3.8, 4) is 5.75 Å². The van der Waals surface area contributed by atoms with Gasteiger partial charge in [0.15, 0.2) is 0 Å². The quantitative estimate of drug-likeness (QED) is 0.0801. The SMILES string of the molecule is CCCCCCCCCCCCCCc1ccccc1OCC(COP(=O)([O-])CCC[N+](C)(C)C)OC. The van der Waals surface area contributed by atoms with Crippen molar-refractivity contribution in [2.45, 2.75) is 103 Å². The molecule has 2 unspecified atom stereocenters. The van der Waals surface area contributed by atoms with E-state index in [2.05, 4.69) is 13.0 Å². The summed E-state index contributed by atoms with van der Waals surface area (Å²) in [6.45, 7) is 3.28. The molecule has 7 heteroatoms. The Hall–Kier alpha value is -0.910. The smallest absolute Gasteiger partial charge is 0.135 e. The molecule has 0 aliphatic carbocycles. The zero-order valence-corrected chi connectivity index (χ0v) is 25.4. The van der Waals surface area contributed by atoms with E-state index in [1.807, 2.05) is 39.3 Å². The Morgan fingerprint density at radius 1 is 0.838 bits per heavy atom. The van der Waals surface area contributed by atoms with Gasteiger partial charge in [-0.1, -0.05) is 95.8 Å². The molecule has 216 valence electrons. The number of hydrogen-bond donors (Lipinski definition) is 0. The normalized spacial score (nSPS) is 14.4. The fraction of sp³-hybridized carbons (Fsp3) is 0.800. The average molecular weight is 542 g/mol. The number of aryl methyl sites for hydroxylation is 1. The molecular formula is C30H56NO5P. The van der Waals surface area contributed by atoms with Crippen molar-refractivity contribution < 1.29 is 27.9 Å². The highest BCUT2D eigenvalue weighted by Crippen LogP contribution is 2.37. The van der Waals surface area contributed by atoms with Crippen LogP contribution in [-0.2, 0) is 20.2 Å². The third-order valence-electron chi connectivity index (χ3n) is 6.75. The van der Waals surface area contributed by atoms with Crippen LogP contribution in [0.3, 0.4) is 0 Å². The zero-order chi connectivity index (χ0) is 27.4. The van der Waals surface area contributed by atoms with Gasteiger partial charge < -0.3 is 27.9 Å². The summed E-state index contributed by atoms with van der Waals surface area (Å²) in [5.74, 6) is 0.848. The second-order valence-corrected chi connectivity index (χ2v) is 13.3. The van der Waals surface area contributed by atoms with E-state index in [0.717, 1.165) is 29.6 Å². The van der Waals surface area contributed by atoms with Crippen LogP contribution in [0.15, 0.2) is 24.3 Å². The molecule has 0 aromatic heterocycles. The molecule has 0 aliphatic rings. The van der Waals surface area contributed by atoms with E-state index >= 15 is 0 Å². The lowest BCUT2D eigenvalue weighted by molar-refractivity contribution is -0.870. The fourth-order valence-electron chi connectivity index (χ4n) is 4.37.